The summed E-state index contributed by atoms with van der Waals surface area (Å²) in [7, 11) is 0. The zero-order valence-corrected chi connectivity index (χ0v) is 11.8. The van der Waals surface area contributed by atoms with Crippen LogP contribution in [0.2, 0.25) is 0 Å². The van der Waals surface area contributed by atoms with Gasteiger partial charge >= 0.3 is 6.09 Å². The molecule has 0 atom stereocenters. The van der Waals surface area contributed by atoms with Gasteiger partial charge in [0.15, 0.2) is 0 Å². The lowest BCUT2D eigenvalue weighted by molar-refractivity contribution is -0.151. The SMILES string of the molecule is CC(C)(C)OC(=O)N1CCC(N2CC(F)(F)C2)CC1. The first kappa shape index (κ1) is 14.5. The predicted octanol–water partition coefficient (Wildman–Crippen LogP) is 2.34. The highest BCUT2D eigenvalue weighted by Gasteiger charge is 2.47. The predicted molar refractivity (Wildman–Crippen MR) is 67.3 cm³/mol. The van der Waals surface area contributed by atoms with Crippen molar-refractivity contribution in [2.24, 2.45) is 0 Å². The van der Waals surface area contributed by atoms with Crippen molar-refractivity contribution < 1.29 is 18.3 Å². The topological polar surface area (TPSA) is 32.8 Å². The van der Waals surface area contributed by atoms with Gasteiger partial charge in [0, 0.05) is 19.1 Å². The number of halogens is 2. The molecule has 0 aromatic rings. The first-order chi connectivity index (χ1) is 8.66. The van der Waals surface area contributed by atoms with Gasteiger partial charge in [-0.3, -0.25) is 4.90 Å². The molecule has 0 aromatic carbocycles. The summed E-state index contributed by atoms with van der Waals surface area (Å²) in [5.74, 6) is -2.51. The smallest absolute Gasteiger partial charge is 0.410 e. The minimum atomic E-state index is -2.51. The second kappa shape index (κ2) is 4.89. The molecule has 2 saturated heterocycles. The summed E-state index contributed by atoms with van der Waals surface area (Å²) in [6.45, 7) is 6.40. The molecule has 2 rings (SSSR count). The lowest BCUT2D eigenvalue weighted by Crippen LogP contribution is -2.61. The third kappa shape index (κ3) is 3.78. The average Bonchev–Trinajstić information content (AvgIpc) is 2.23. The van der Waals surface area contributed by atoms with E-state index in [2.05, 4.69) is 0 Å². The molecule has 0 saturated carbocycles. The van der Waals surface area contributed by atoms with Crippen LogP contribution in [0.25, 0.3) is 0 Å². The molecule has 2 heterocycles. The van der Waals surface area contributed by atoms with Crippen LogP contribution in [-0.2, 0) is 4.74 Å². The summed E-state index contributed by atoms with van der Waals surface area (Å²) in [6.07, 6.45) is 1.19. The molecule has 4 nitrogen and oxygen atoms in total. The fraction of sp³-hybridized carbons (Fsp3) is 0.923. The summed E-state index contributed by atoms with van der Waals surface area (Å²) >= 11 is 0. The summed E-state index contributed by atoms with van der Waals surface area (Å²) in [5.41, 5.74) is -0.493. The molecule has 0 aliphatic carbocycles. The maximum absolute atomic E-state index is 12.8. The standard InChI is InChI=1S/C13H22F2N2O2/c1-12(2,3)19-11(18)16-6-4-10(5-7-16)17-8-13(14,15)9-17/h10H,4-9H2,1-3H3. The highest BCUT2D eigenvalue weighted by Crippen LogP contribution is 2.31. The number of piperidine rings is 1. The van der Waals surface area contributed by atoms with Crippen molar-refractivity contribution in [3.05, 3.63) is 0 Å². The van der Waals surface area contributed by atoms with E-state index < -0.39 is 11.5 Å². The minimum absolute atomic E-state index is 0.135. The molecule has 2 aliphatic heterocycles. The maximum Gasteiger partial charge on any atom is 0.410 e. The molecule has 110 valence electrons. The Bertz CT molecular complexity index is 339. The van der Waals surface area contributed by atoms with Gasteiger partial charge < -0.3 is 9.64 Å². The van der Waals surface area contributed by atoms with Gasteiger partial charge in [-0.15, -0.1) is 0 Å². The summed E-state index contributed by atoms with van der Waals surface area (Å²) in [4.78, 5) is 15.3. The fourth-order valence-corrected chi connectivity index (χ4v) is 2.55. The van der Waals surface area contributed by atoms with E-state index >= 15 is 0 Å². The third-order valence-corrected chi connectivity index (χ3v) is 3.50. The van der Waals surface area contributed by atoms with Crippen molar-refractivity contribution in [2.45, 2.75) is 51.2 Å². The van der Waals surface area contributed by atoms with Crippen LogP contribution in [0.3, 0.4) is 0 Å². The number of carbonyl (C=O) groups is 1. The summed E-state index contributed by atoms with van der Waals surface area (Å²) < 4.78 is 30.9. The Morgan fingerprint density at radius 2 is 1.74 bits per heavy atom. The van der Waals surface area contributed by atoms with Crippen LogP contribution < -0.4 is 0 Å². The number of ether oxygens (including phenoxy) is 1. The van der Waals surface area contributed by atoms with Crippen molar-refractivity contribution >= 4 is 6.09 Å². The first-order valence-corrected chi connectivity index (χ1v) is 6.76. The summed E-state index contributed by atoms with van der Waals surface area (Å²) in [6, 6.07) is 0.179. The van der Waals surface area contributed by atoms with Crippen LogP contribution in [0.4, 0.5) is 13.6 Å². The van der Waals surface area contributed by atoms with E-state index in [0.717, 1.165) is 12.8 Å². The maximum atomic E-state index is 12.8. The van der Waals surface area contributed by atoms with Gasteiger partial charge in [0.1, 0.15) is 5.60 Å². The van der Waals surface area contributed by atoms with Crippen LogP contribution in [0.1, 0.15) is 33.6 Å². The van der Waals surface area contributed by atoms with Crippen molar-refractivity contribution in [1.82, 2.24) is 9.80 Å². The number of likely N-dealkylation sites (tertiary alicyclic amines) is 2. The highest BCUT2D eigenvalue weighted by atomic mass is 19.3. The van der Waals surface area contributed by atoms with Gasteiger partial charge in [0.25, 0.3) is 5.92 Å². The molecule has 2 fully saturated rings. The van der Waals surface area contributed by atoms with Gasteiger partial charge in [-0.1, -0.05) is 0 Å². The van der Waals surface area contributed by atoms with Crippen LogP contribution in [0.5, 0.6) is 0 Å². The Hall–Kier alpha value is -0.910. The second-order valence-corrected chi connectivity index (χ2v) is 6.46. The molecule has 2 aliphatic rings. The van der Waals surface area contributed by atoms with Gasteiger partial charge in [-0.05, 0) is 33.6 Å². The zero-order valence-electron chi connectivity index (χ0n) is 11.8. The van der Waals surface area contributed by atoms with E-state index in [1.807, 2.05) is 25.7 Å². The lowest BCUT2D eigenvalue weighted by atomic mass is 9.98. The van der Waals surface area contributed by atoms with Crippen LogP contribution >= 0.6 is 0 Å². The lowest BCUT2D eigenvalue weighted by Gasteiger charge is -2.46. The third-order valence-electron chi connectivity index (χ3n) is 3.50. The van der Waals surface area contributed by atoms with E-state index in [4.69, 9.17) is 4.74 Å². The molecule has 1 amide bonds. The number of nitrogens with zero attached hydrogens (tertiary/aromatic N) is 2. The average molecular weight is 276 g/mol. The van der Waals surface area contributed by atoms with E-state index in [-0.39, 0.29) is 25.2 Å². The second-order valence-electron chi connectivity index (χ2n) is 6.46. The van der Waals surface area contributed by atoms with Crippen molar-refractivity contribution in [3.8, 4) is 0 Å². The number of rotatable bonds is 1. The Morgan fingerprint density at radius 3 is 2.16 bits per heavy atom. The van der Waals surface area contributed by atoms with Crippen LogP contribution in [-0.4, -0.2) is 59.6 Å². The molecule has 0 bridgehead atoms. The quantitative estimate of drug-likeness (QED) is 0.737. The van der Waals surface area contributed by atoms with E-state index in [0.29, 0.717) is 13.1 Å². The van der Waals surface area contributed by atoms with Crippen molar-refractivity contribution in [1.29, 1.82) is 0 Å². The number of carbonyl (C=O) groups excluding carboxylic acids is 1. The molecule has 0 unspecified atom stereocenters. The zero-order chi connectivity index (χ0) is 14.3. The summed E-state index contributed by atoms with van der Waals surface area (Å²) in [5, 5.41) is 0. The minimum Gasteiger partial charge on any atom is -0.444 e. The van der Waals surface area contributed by atoms with Gasteiger partial charge in [0.2, 0.25) is 0 Å². The Morgan fingerprint density at radius 1 is 1.21 bits per heavy atom. The highest BCUT2D eigenvalue weighted by molar-refractivity contribution is 5.68. The Kier molecular flexibility index (Phi) is 3.73. The fourth-order valence-electron chi connectivity index (χ4n) is 2.55. The van der Waals surface area contributed by atoms with Gasteiger partial charge in [-0.25, -0.2) is 13.6 Å². The van der Waals surface area contributed by atoms with E-state index in [1.165, 1.54) is 0 Å². The van der Waals surface area contributed by atoms with E-state index in [1.54, 1.807) is 4.90 Å². The van der Waals surface area contributed by atoms with E-state index in [9.17, 15) is 13.6 Å². The largest absolute Gasteiger partial charge is 0.444 e. The van der Waals surface area contributed by atoms with Crippen LogP contribution in [0.15, 0.2) is 0 Å². The first-order valence-electron chi connectivity index (χ1n) is 6.76. The normalized spacial score (nSPS) is 25.0. The number of amides is 1. The molecular formula is C13H22F2N2O2. The molecule has 6 heteroatoms. The molecule has 0 aromatic heterocycles. The van der Waals surface area contributed by atoms with Crippen molar-refractivity contribution in [3.63, 3.8) is 0 Å². The van der Waals surface area contributed by atoms with Crippen LogP contribution in [0, 0.1) is 0 Å². The number of hydrogen-bond acceptors (Lipinski definition) is 3. The monoisotopic (exact) mass is 276 g/mol. The number of hydrogen-bond donors (Lipinski definition) is 0. The van der Waals surface area contributed by atoms with Gasteiger partial charge in [0.05, 0.1) is 13.1 Å². The van der Waals surface area contributed by atoms with Gasteiger partial charge in [-0.2, -0.15) is 0 Å². The van der Waals surface area contributed by atoms with Crippen molar-refractivity contribution in [2.75, 3.05) is 26.2 Å². The molecule has 0 N–H and O–H groups in total. The molecule has 0 spiro atoms. The Labute approximate surface area is 112 Å². The molecular weight excluding hydrogens is 254 g/mol. The molecule has 19 heavy (non-hydrogen) atoms. The molecule has 0 radical (unpaired) electrons. The number of alkyl halides is 2. The Balaban J connectivity index is 1.75.